The zero-order valence-corrected chi connectivity index (χ0v) is 10.2. The summed E-state index contributed by atoms with van der Waals surface area (Å²) < 4.78 is 38.2. The van der Waals surface area contributed by atoms with E-state index in [0.717, 1.165) is 22.0 Å². The van der Waals surface area contributed by atoms with Gasteiger partial charge in [0.15, 0.2) is 4.34 Å². The fourth-order valence-corrected chi connectivity index (χ4v) is 3.25. The predicted octanol–water partition coefficient (Wildman–Crippen LogP) is 3.28. The molecule has 2 aromatic rings. The average molecular weight is 278 g/mol. The lowest BCUT2D eigenvalue weighted by Crippen LogP contribution is -2.39. The number of thioether (sulfide) groups is 1. The monoisotopic (exact) mass is 278 g/mol. The van der Waals surface area contributed by atoms with E-state index in [4.69, 9.17) is 5.73 Å². The molecule has 1 heterocycles. The fraction of sp³-hybridized carbons (Fsp3) is 0.300. The molecule has 92 valence electrons. The Morgan fingerprint density at radius 1 is 1.35 bits per heavy atom. The summed E-state index contributed by atoms with van der Waals surface area (Å²) >= 11 is 2.42. The van der Waals surface area contributed by atoms with E-state index in [1.165, 1.54) is 11.3 Å². The standard InChI is InChI=1S/C10H9F3N2S2/c11-10(12,13)8(14)5-16-9-15-6-3-1-2-4-7(6)17-9/h1-4,8H,5,14H2. The second kappa shape index (κ2) is 4.83. The number of rotatable bonds is 3. The molecule has 0 aliphatic rings. The minimum atomic E-state index is -4.34. The fourth-order valence-electron chi connectivity index (χ4n) is 1.17. The first-order valence-corrected chi connectivity index (χ1v) is 6.57. The Balaban J connectivity index is 2.04. The van der Waals surface area contributed by atoms with Crippen molar-refractivity contribution in [2.75, 3.05) is 5.75 Å². The van der Waals surface area contributed by atoms with Crippen molar-refractivity contribution in [2.45, 2.75) is 16.6 Å². The number of nitrogens with two attached hydrogens (primary N) is 1. The highest BCUT2D eigenvalue weighted by Gasteiger charge is 2.36. The van der Waals surface area contributed by atoms with Gasteiger partial charge in [0.25, 0.3) is 0 Å². The first kappa shape index (κ1) is 12.7. The van der Waals surface area contributed by atoms with E-state index in [2.05, 4.69) is 4.98 Å². The second-order valence-electron chi connectivity index (χ2n) is 3.41. The Morgan fingerprint density at radius 2 is 2.06 bits per heavy atom. The van der Waals surface area contributed by atoms with Gasteiger partial charge in [0.2, 0.25) is 0 Å². The molecule has 0 saturated carbocycles. The number of nitrogens with zero attached hydrogens (tertiary/aromatic N) is 1. The quantitative estimate of drug-likeness (QED) is 0.876. The second-order valence-corrected chi connectivity index (χ2v) is 5.70. The van der Waals surface area contributed by atoms with E-state index >= 15 is 0 Å². The zero-order chi connectivity index (χ0) is 12.5. The number of hydrogen-bond donors (Lipinski definition) is 1. The van der Waals surface area contributed by atoms with Crippen LogP contribution in [0.15, 0.2) is 28.6 Å². The molecule has 17 heavy (non-hydrogen) atoms. The molecule has 0 spiro atoms. The summed E-state index contributed by atoms with van der Waals surface area (Å²) in [7, 11) is 0. The number of hydrogen-bond acceptors (Lipinski definition) is 4. The van der Waals surface area contributed by atoms with Gasteiger partial charge in [0.1, 0.15) is 6.04 Å². The Kier molecular flexibility index (Phi) is 3.60. The van der Waals surface area contributed by atoms with Crippen molar-refractivity contribution in [2.24, 2.45) is 5.73 Å². The minimum absolute atomic E-state index is 0.205. The summed E-state index contributed by atoms with van der Waals surface area (Å²) in [6.07, 6.45) is -4.34. The van der Waals surface area contributed by atoms with Gasteiger partial charge < -0.3 is 5.73 Å². The summed E-state index contributed by atoms with van der Waals surface area (Å²) in [5.74, 6) is -0.205. The number of fused-ring (bicyclic) bond motifs is 1. The summed E-state index contributed by atoms with van der Waals surface area (Å²) in [6.45, 7) is 0. The average Bonchev–Trinajstić information content (AvgIpc) is 2.66. The van der Waals surface area contributed by atoms with E-state index in [1.807, 2.05) is 24.3 Å². The van der Waals surface area contributed by atoms with Crippen molar-refractivity contribution in [3.8, 4) is 0 Å². The molecule has 0 amide bonds. The molecule has 0 aliphatic carbocycles. The van der Waals surface area contributed by atoms with Crippen LogP contribution in [0.1, 0.15) is 0 Å². The van der Waals surface area contributed by atoms with Crippen molar-refractivity contribution in [3.63, 3.8) is 0 Å². The Labute approximate surface area is 104 Å². The lowest BCUT2D eigenvalue weighted by Gasteiger charge is -2.13. The van der Waals surface area contributed by atoms with Gasteiger partial charge in [-0.15, -0.1) is 11.3 Å². The maximum absolute atomic E-state index is 12.2. The third kappa shape index (κ3) is 3.11. The molecule has 1 atom stereocenters. The first-order valence-electron chi connectivity index (χ1n) is 4.77. The molecule has 1 unspecified atom stereocenters. The molecule has 7 heteroatoms. The maximum atomic E-state index is 12.2. The normalized spacial score (nSPS) is 14.1. The first-order chi connectivity index (χ1) is 7.97. The van der Waals surface area contributed by atoms with Crippen LogP contribution in [0, 0.1) is 0 Å². The molecule has 1 aromatic heterocycles. The van der Waals surface area contributed by atoms with E-state index in [0.29, 0.717) is 4.34 Å². The van der Waals surface area contributed by atoms with Crippen molar-refractivity contribution < 1.29 is 13.2 Å². The molecule has 2 rings (SSSR count). The minimum Gasteiger partial charge on any atom is -0.319 e. The van der Waals surface area contributed by atoms with Gasteiger partial charge in [-0.05, 0) is 12.1 Å². The smallest absolute Gasteiger partial charge is 0.319 e. The van der Waals surface area contributed by atoms with E-state index in [1.54, 1.807) is 0 Å². The summed E-state index contributed by atoms with van der Waals surface area (Å²) in [5.41, 5.74) is 5.83. The van der Waals surface area contributed by atoms with E-state index in [-0.39, 0.29) is 5.75 Å². The van der Waals surface area contributed by atoms with E-state index < -0.39 is 12.2 Å². The lowest BCUT2D eigenvalue weighted by molar-refractivity contribution is -0.142. The number of alkyl halides is 3. The van der Waals surface area contributed by atoms with Crippen LogP contribution in [0.25, 0.3) is 10.2 Å². The van der Waals surface area contributed by atoms with Crippen molar-refractivity contribution in [1.82, 2.24) is 4.98 Å². The number of benzene rings is 1. The highest BCUT2D eigenvalue weighted by atomic mass is 32.2. The molecule has 0 bridgehead atoms. The molecule has 1 aromatic carbocycles. The highest BCUT2D eigenvalue weighted by molar-refractivity contribution is 8.01. The number of thiazole rings is 1. The molecule has 0 aliphatic heterocycles. The van der Waals surface area contributed by atoms with Crippen LogP contribution >= 0.6 is 23.1 Å². The Morgan fingerprint density at radius 3 is 2.71 bits per heavy atom. The lowest BCUT2D eigenvalue weighted by atomic mass is 10.3. The Hall–Kier alpha value is -0.790. The van der Waals surface area contributed by atoms with Crippen molar-refractivity contribution in [3.05, 3.63) is 24.3 Å². The third-order valence-corrected chi connectivity index (χ3v) is 4.38. The van der Waals surface area contributed by atoms with E-state index in [9.17, 15) is 13.2 Å². The zero-order valence-electron chi connectivity index (χ0n) is 8.57. The molecule has 2 nitrogen and oxygen atoms in total. The molecular formula is C10H9F3N2S2. The molecular weight excluding hydrogens is 269 g/mol. The van der Waals surface area contributed by atoms with Crippen LogP contribution in [0.4, 0.5) is 13.2 Å². The van der Waals surface area contributed by atoms with Crippen molar-refractivity contribution >= 4 is 33.3 Å². The SMILES string of the molecule is NC(CSc1nc2ccccc2s1)C(F)(F)F. The predicted molar refractivity (Wildman–Crippen MR) is 64.4 cm³/mol. The third-order valence-electron chi connectivity index (χ3n) is 2.08. The van der Waals surface area contributed by atoms with Crippen LogP contribution in [-0.4, -0.2) is 23.0 Å². The van der Waals surface area contributed by atoms with Gasteiger partial charge in [0.05, 0.1) is 10.2 Å². The van der Waals surface area contributed by atoms with Gasteiger partial charge >= 0.3 is 6.18 Å². The highest BCUT2D eigenvalue weighted by Crippen LogP contribution is 2.31. The van der Waals surface area contributed by atoms with Crippen LogP contribution < -0.4 is 5.73 Å². The van der Waals surface area contributed by atoms with Gasteiger partial charge in [-0.25, -0.2) is 4.98 Å². The topological polar surface area (TPSA) is 38.9 Å². The van der Waals surface area contributed by atoms with Gasteiger partial charge in [-0.1, -0.05) is 23.9 Å². The number of para-hydroxylation sites is 1. The van der Waals surface area contributed by atoms with Gasteiger partial charge in [-0.2, -0.15) is 13.2 Å². The largest absolute Gasteiger partial charge is 0.404 e. The number of halogens is 3. The summed E-state index contributed by atoms with van der Waals surface area (Å²) in [4.78, 5) is 4.23. The molecule has 0 fully saturated rings. The van der Waals surface area contributed by atoms with Crippen LogP contribution in [0.2, 0.25) is 0 Å². The van der Waals surface area contributed by atoms with Crippen LogP contribution in [0.5, 0.6) is 0 Å². The summed E-state index contributed by atoms with van der Waals surface area (Å²) in [5, 5.41) is 0. The van der Waals surface area contributed by atoms with Crippen LogP contribution in [-0.2, 0) is 0 Å². The number of aromatic nitrogens is 1. The molecule has 0 saturated heterocycles. The molecule has 0 radical (unpaired) electrons. The van der Waals surface area contributed by atoms with Crippen molar-refractivity contribution in [1.29, 1.82) is 0 Å². The van der Waals surface area contributed by atoms with Gasteiger partial charge in [-0.3, -0.25) is 0 Å². The summed E-state index contributed by atoms with van der Waals surface area (Å²) in [6, 6.07) is 5.63. The molecule has 2 N–H and O–H groups in total. The maximum Gasteiger partial charge on any atom is 0.404 e. The Bertz CT molecular complexity index is 476. The van der Waals surface area contributed by atoms with Gasteiger partial charge in [0, 0.05) is 5.75 Å². The van der Waals surface area contributed by atoms with Crippen LogP contribution in [0.3, 0.4) is 0 Å².